The van der Waals surface area contributed by atoms with Crippen molar-refractivity contribution in [3.8, 4) is 0 Å². The van der Waals surface area contributed by atoms with Crippen molar-refractivity contribution < 1.29 is 14.7 Å². The highest BCUT2D eigenvalue weighted by Gasteiger charge is 2.37. The molecular formula is C23H26N4O4. The molecule has 1 fully saturated rings. The van der Waals surface area contributed by atoms with Gasteiger partial charge in [0, 0.05) is 55.8 Å². The van der Waals surface area contributed by atoms with E-state index >= 15 is 0 Å². The number of nitrogens with zero attached hydrogens (tertiary/aromatic N) is 1. The van der Waals surface area contributed by atoms with Gasteiger partial charge in [-0.15, -0.1) is 0 Å². The predicted octanol–water partition coefficient (Wildman–Crippen LogP) is 2.10. The number of hydrogen-bond acceptors (Lipinski definition) is 4. The second-order valence-corrected chi connectivity index (χ2v) is 8.05. The number of nitrogens with one attached hydrogen (secondary N) is 3. The molecule has 162 valence electrons. The Hall–Kier alpha value is -3.39. The largest absolute Gasteiger partial charge is 0.481 e. The predicted molar refractivity (Wildman–Crippen MR) is 117 cm³/mol. The van der Waals surface area contributed by atoms with E-state index in [1.54, 1.807) is 6.07 Å². The molecule has 0 radical (unpaired) electrons. The van der Waals surface area contributed by atoms with Crippen LogP contribution in [0.5, 0.6) is 0 Å². The van der Waals surface area contributed by atoms with Crippen LogP contribution < -0.4 is 16.2 Å². The lowest BCUT2D eigenvalue weighted by Gasteiger charge is -2.43. The molecule has 2 aliphatic rings. The first-order valence-corrected chi connectivity index (χ1v) is 10.4. The number of hydrogen-bond donors (Lipinski definition) is 4. The van der Waals surface area contributed by atoms with Crippen molar-refractivity contribution in [3.05, 3.63) is 70.3 Å². The Balaban J connectivity index is 0.000000535. The molecule has 2 aliphatic heterocycles. The van der Waals surface area contributed by atoms with Crippen molar-refractivity contribution in [2.45, 2.75) is 25.3 Å². The van der Waals surface area contributed by atoms with Gasteiger partial charge in [0.1, 0.15) is 0 Å². The van der Waals surface area contributed by atoms with Crippen LogP contribution in [0, 0.1) is 5.92 Å². The van der Waals surface area contributed by atoms with Gasteiger partial charge in [0.15, 0.2) is 0 Å². The van der Waals surface area contributed by atoms with Crippen molar-refractivity contribution in [1.29, 1.82) is 0 Å². The van der Waals surface area contributed by atoms with E-state index in [2.05, 4.69) is 15.6 Å². The standard InChI is InChI=1S/C21H22N4O2.C2H4O2/c26-19-6-2-5-17-14-9-15(11-22-10-14)18(25(17)19)12-24-21(27)16-4-1-3-13-7-8-23-20(13)16;1-2(3)4/h1-8,14-15,18,22-23H,9-12H2,(H,24,27);1H3,(H,3,4)/t14-,15+,18+;/m1./s1. The molecule has 2 aromatic heterocycles. The summed E-state index contributed by atoms with van der Waals surface area (Å²) in [5.74, 6) is -0.227. The number of piperidine rings is 1. The molecule has 2 bridgehead atoms. The quantitative estimate of drug-likeness (QED) is 0.516. The molecule has 3 atom stereocenters. The first kappa shape index (κ1) is 20.9. The summed E-state index contributed by atoms with van der Waals surface area (Å²) < 4.78 is 1.91. The van der Waals surface area contributed by atoms with Crippen molar-refractivity contribution in [2.24, 2.45) is 5.92 Å². The van der Waals surface area contributed by atoms with Gasteiger partial charge in [0.05, 0.1) is 17.1 Å². The van der Waals surface area contributed by atoms with Crippen LogP contribution >= 0.6 is 0 Å². The Morgan fingerprint density at radius 2 is 1.94 bits per heavy atom. The fourth-order valence-corrected chi connectivity index (χ4v) is 4.73. The molecule has 3 aromatic rings. The molecule has 1 amide bonds. The number of aliphatic carboxylic acids is 1. The third-order valence-electron chi connectivity index (χ3n) is 6.00. The van der Waals surface area contributed by atoms with Crippen molar-refractivity contribution in [1.82, 2.24) is 20.2 Å². The number of para-hydroxylation sites is 1. The molecule has 4 N–H and O–H groups in total. The van der Waals surface area contributed by atoms with Crippen LogP contribution in [0.25, 0.3) is 10.9 Å². The van der Waals surface area contributed by atoms with E-state index in [4.69, 9.17) is 9.90 Å². The molecule has 1 saturated heterocycles. The van der Waals surface area contributed by atoms with Crippen LogP contribution in [0.4, 0.5) is 0 Å². The first-order chi connectivity index (χ1) is 15.0. The molecule has 8 heteroatoms. The highest BCUT2D eigenvalue weighted by atomic mass is 16.4. The number of rotatable bonds is 3. The minimum atomic E-state index is -0.833. The van der Waals surface area contributed by atoms with Gasteiger partial charge < -0.3 is 25.3 Å². The number of carboxylic acid groups (broad SMARTS) is 1. The van der Waals surface area contributed by atoms with Gasteiger partial charge in [-0.05, 0) is 30.5 Å². The second-order valence-electron chi connectivity index (χ2n) is 8.05. The van der Waals surface area contributed by atoms with E-state index in [1.165, 1.54) is 0 Å². The summed E-state index contributed by atoms with van der Waals surface area (Å²) in [6.07, 6.45) is 2.90. The maximum atomic E-state index is 12.8. The lowest BCUT2D eigenvalue weighted by atomic mass is 9.79. The molecule has 4 heterocycles. The highest BCUT2D eigenvalue weighted by molar-refractivity contribution is 6.05. The molecular weight excluding hydrogens is 396 g/mol. The lowest BCUT2D eigenvalue weighted by molar-refractivity contribution is -0.134. The van der Waals surface area contributed by atoms with Gasteiger partial charge >= 0.3 is 0 Å². The Morgan fingerprint density at radius 3 is 2.74 bits per heavy atom. The minimum absolute atomic E-state index is 0.0230. The van der Waals surface area contributed by atoms with E-state index < -0.39 is 5.97 Å². The summed E-state index contributed by atoms with van der Waals surface area (Å²) in [5, 5.41) is 15.0. The maximum absolute atomic E-state index is 12.8. The molecule has 1 aromatic carbocycles. The van der Waals surface area contributed by atoms with Gasteiger partial charge in [-0.25, -0.2) is 0 Å². The van der Waals surface area contributed by atoms with Crippen LogP contribution in [-0.4, -0.2) is 46.2 Å². The zero-order valence-electron chi connectivity index (χ0n) is 17.3. The Bertz CT molecular complexity index is 1160. The zero-order valence-corrected chi connectivity index (χ0v) is 17.3. The van der Waals surface area contributed by atoms with Gasteiger partial charge in [0.25, 0.3) is 17.4 Å². The SMILES string of the molecule is CC(=O)O.O=C(NC[C@H]1[C@@H]2CNC[C@@H](C2)c2cccc(=O)n21)c1cccc2cc[nH]c12. The van der Waals surface area contributed by atoms with E-state index in [9.17, 15) is 9.59 Å². The Kier molecular flexibility index (Phi) is 5.90. The maximum Gasteiger partial charge on any atom is 0.300 e. The second kappa shape index (κ2) is 8.77. The Morgan fingerprint density at radius 1 is 1.16 bits per heavy atom. The van der Waals surface area contributed by atoms with E-state index in [-0.39, 0.29) is 17.5 Å². The fraction of sp³-hybridized carbons (Fsp3) is 0.348. The van der Waals surface area contributed by atoms with Gasteiger partial charge in [-0.3, -0.25) is 14.4 Å². The smallest absolute Gasteiger partial charge is 0.300 e. The highest BCUT2D eigenvalue weighted by Crippen LogP contribution is 2.38. The zero-order chi connectivity index (χ0) is 22.0. The number of benzene rings is 1. The van der Waals surface area contributed by atoms with Crippen LogP contribution in [0.2, 0.25) is 0 Å². The number of amides is 1. The van der Waals surface area contributed by atoms with Crippen LogP contribution in [0.15, 0.2) is 53.5 Å². The minimum Gasteiger partial charge on any atom is -0.481 e. The molecule has 8 nitrogen and oxygen atoms in total. The van der Waals surface area contributed by atoms with Crippen LogP contribution in [0.3, 0.4) is 0 Å². The average Bonchev–Trinajstić information content (AvgIpc) is 3.23. The summed E-state index contributed by atoms with van der Waals surface area (Å²) in [7, 11) is 0. The number of pyridine rings is 1. The first-order valence-electron chi connectivity index (χ1n) is 10.4. The summed E-state index contributed by atoms with van der Waals surface area (Å²) in [6, 6.07) is 13.1. The lowest BCUT2D eigenvalue weighted by Crippen LogP contribution is -2.50. The van der Waals surface area contributed by atoms with Gasteiger partial charge in [-0.2, -0.15) is 0 Å². The number of carboxylic acids is 1. The molecule has 5 rings (SSSR count). The van der Waals surface area contributed by atoms with Crippen LogP contribution in [-0.2, 0) is 4.79 Å². The molecule has 0 saturated carbocycles. The number of carbonyl (C=O) groups is 2. The van der Waals surface area contributed by atoms with E-state index in [1.807, 2.05) is 47.2 Å². The summed E-state index contributed by atoms with van der Waals surface area (Å²) in [4.78, 5) is 37.6. The Labute approximate surface area is 179 Å². The number of H-pyrrole nitrogens is 1. The fourth-order valence-electron chi connectivity index (χ4n) is 4.73. The van der Waals surface area contributed by atoms with Gasteiger partial charge in [0.2, 0.25) is 0 Å². The van der Waals surface area contributed by atoms with Gasteiger partial charge in [-0.1, -0.05) is 18.2 Å². The van der Waals surface area contributed by atoms with Crippen molar-refractivity contribution in [3.63, 3.8) is 0 Å². The normalized spacial score (nSPS) is 21.5. The summed E-state index contributed by atoms with van der Waals surface area (Å²) in [6.45, 7) is 3.32. The number of carbonyl (C=O) groups excluding carboxylic acids is 1. The molecule has 0 aliphatic carbocycles. The summed E-state index contributed by atoms with van der Waals surface area (Å²) in [5.41, 5.74) is 2.58. The third kappa shape index (κ3) is 4.25. The number of aromatic amines is 1. The average molecular weight is 422 g/mol. The monoisotopic (exact) mass is 422 g/mol. The molecule has 0 spiro atoms. The van der Waals surface area contributed by atoms with Crippen molar-refractivity contribution >= 4 is 22.8 Å². The summed E-state index contributed by atoms with van der Waals surface area (Å²) >= 11 is 0. The van der Waals surface area contributed by atoms with E-state index in [0.29, 0.717) is 23.9 Å². The topological polar surface area (TPSA) is 116 Å². The number of fused-ring (bicyclic) bond motifs is 5. The van der Waals surface area contributed by atoms with Crippen molar-refractivity contribution in [2.75, 3.05) is 19.6 Å². The number of aromatic nitrogens is 2. The molecule has 31 heavy (non-hydrogen) atoms. The third-order valence-corrected chi connectivity index (χ3v) is 6.00. The molecule has 0 unspecified atom stereocenters. The van der Waals surface area contributed by atoms with Crippen LogP contribution in [0.1, 0.15) is 41.4 Å². The van der Waals surface area contributed by atoms with E-state index in [0.717, 1.165) is 43.0 Å².